The Morgan fingerprint density at radius 1 is 1.16 bits per heavy atom. The molecule has 0 unspecified atom stereocenters. The lowest BCUT2D eigenvalue weighted by Crippen LogP contribution is -2.44. The zero-order valence-electron chi connectivity index (χ0n) is 11.9. The number of hydrogen-bond acceptors (Lipinski definition) is 3. The fourth-order valence-electron chi connectivity index (χ4n) is 3.22. The number of rotatable bonds is 3. The molecule has 0 amide bonds. The minimum atomic E-state index is 0.587. The number of benzene rings is 1. The first-order valence-electron chi connectivity index (χ1n) is 7.55. The van der Waals surface area contributed by atoms with E-state index in [4.69, 9.17) is 0 Å². The number of likely N-dealkylation sites (N-methyl/N-ethyl adjacent to an activating group) is 1. The molecule has 1 atom stereocenters. The molecule has 2 heterocycles. The molecule has 3 rings (SSSR count). The van der Waals surface area contributed by atoms with E-state index in [1.807, 2.05) is 0 Å². The van der Waals surface area contributed by atoms with Gasteiger partial charge in [0.15, 0.2) is 0 Å². The zero-order chi connectivity index (χ0) is 13.1. The van der Waals surface area contributed by atoms with Crippen molar-refractivity contribution in [2.24, 2.45) is 0 Å². The summed E-state index contributed by atoms with van der Waals surface area (Å²) in [5.74, 6) is 0. The quantitative estimate of drug-likeness (QED) is 0.894. The third kappa shape index (κ3) is 3.16. The number of hydrogen-bond donors (Lipinski definition) is 1. The Labute approximate surface area is 116 Å². The summed E-state index contributed by atoms with van der Waals surface area (Å²) in [5.41, 5.74) is 3.05. The molecule has 0 aromatic heterocycles. The van der Waals surface area contributed by atoms with Crippen molar-refractivity contribution >= 4 is 0 Å². The van der Waals surface area contributed by atoms with Crippen molar-refractivity contribution in [3.05, 3.63) is 35.4 Å². The minimum Gasteiger partial charge on any atom is -0.310 e. The summed E-state index contributed by atoms with van der Waals surface area (Å²) in [6.07, 6.45) is 2.60. The van der Waals surface area contributed by atoms with Crippen LogP contribution in [0.1, 0.15) is 30.0 Å². The molecule has 2 aliphatic heterocycles. The molecule has 0 aliphatic carbocycles. The Hall–Kier alpha value is -0.900. The SMILES string of the molecule is CN1CCN(Cc2ccccc2[C@H]2CCCN2)CC1. The molecule has 104 valence electrons. The molecule has 1 N–H and O–H groups in total. The minimum absolute atomic E-state index is 0.587. The lowest BCUT2D eigenvalue weighted by atomic mass is 9.98. The van der Waals surface area contributed by atoms with Gasteiger partial charge in [0.05, 0.1) is 0 Å². The summed E-state index contributed by atoms with van der Waals surface area (Å²) >= 11 is 0. The smallest absolute Gasteiger partial charge is 0.0323 e. The second-order valence-corrected chi connectivity index (χ2v) is 5.93. The van der Waals surface area contributed by atoms with E-state index in [0.29, 0.717) is 6.04 Å². The Balaban J connectivity index is 1.69. The Morgan fingerprint density at radius 2 is 1.95 bits per heavy atom. The van der Waals surface area contributed by atoms with Crippen molar-refractivity contribution in [1.82, 2.24) is 15.1 Å². The maximum atomic E-state index is 3.63. The summed E-state index contributed by atoms with van der Waals surface area (Å²) in [7, 11) is 2.22. The Kier molecular flexibility index (Phi) is 4.16. The molecular formula is C16H25N3. The van der Waals surface area contributed by atoms with Crippen molar-refractivity contribution in [1.29, 1.82) is 0 Å². The van der Waals surface area contributed by atoms with Gasteiger partial charge in [-0.15, -0.1) is 0 Å². The summed E-state index contributed by atoms with van der Waals surface area (Å²) < 4.78 is 0. The summed E-state index contributed by atoms with van der Waals surface area (Å²) in [6, 6.07) is 9.58. The molecule has 3 nitrogen and oxygen atoms in total. The van der Waals surface area contributed by atoms with Gasteiger partial charge in [-0.2, -0.15) is 0 Å². The van der Waals surface area contributed by atoms with Crippen LogP contribution >= 0.6 is 0 Å². The molecule has 2 aliphatic rings. The number of nitrogens with one attached hydrogen (secondary N) is 1. The van der Waals surface area contributed by atoms with Crippen LogP contribution in [0.2, 0.25) is 0 Å². The molecule has 1 aromatic carbocycles. The van der Waals surface area contributed by atoms with Gasteiger partial charge in [0.2, 0.25) is 0 Å². The highest BCUT2D eigenvalue weighted by molar-refractivity contribution is 5.30. The highest BCUT2D eigenvalue weighted by atomic mass is 15.2. The third-order valence-corrected chi connectivity index (χ3v) is 4.48. The largest absolute Gasteiger partial charge is 0.310 e. The lowest BCUT2D eigenvalue weighted by molar-refractivity contribution is 0.147. The van der Waals surface area contributed by atoms with Crippen LogP contribution in [0.4, 0.5) is 0 Å². The van der Waals surface area contributed by atoms with Crippen molar-refractivity contribution in [2.75, 3.05) is 39.8 Å². The first-order chi connectivity index (χ1) is 9.33. The van der Waals surface area contributed by atoms with Crippen LogP contribution in [0.25, 0.3) is 0 Å². The second-order valence-electron chi connectivity index (χ2n) is 5.93. The van der Waals surface area contributed by atoms with E-state index < -0.39 is 0 Å². The Bertz CT molecular complexity index is 404. The van der Waals surface area contributed by atoms with Gasteiger partial charge in [0.1, 0.15) is 0 Å². The first-order valence-corrected chi connectivity index (χ1v) is 7.55. The third-order valence-electron chi connectivity index (χ3n) is 4.48. The normalized spacial score (nSPS) is 25.8. The van der Waals surface area contributed by atoms with E-state index in [1.54, 1.807) is 0 Å². The first kappa shape index (κ1) is 13.1. The fourth-order valence-corrected chi connectivity index (χ4v) is 3.22. The van der Waals surface area contributed by atoms with E-state index in [0.717, 1.165) is 6.54 Å². The van der Waals surface area contributed by atoms with Crippen molar-refractivity contribution < 1.29 is 0 Å². The van der Waals surface area contributed by atoms with Gasteiger partial charge < -0.3 is 10.2 Å². The Morgan fingerprint density at radius 3 is 2.68 bits per heavy atom. The molecule has 0 spiro atoms. The van der Waals surface area contributed by atoms with Crippen LogP contribution in [0.5, 0.6) is 0 Å². The maximum absolute atomic E-state index is 3.63. The van der Waals surface area contributed by atoms with E-state index in [-0.39, 0.29) is 0 Å². The zero-order valence-corrected chi connectivity index (χ0v) is 11.9. The van der Waals surface area contributed by atoms with Crippen LogP contribution in [0.3, 0.4) is 0 Å². The highest BCUT2D eigenvalue weighted by Gasteiger charge is 2.20. The second kappa shape index (κ2) is 6.04. The molecular weight excluding hydrogens is 234 g/mol. The van der Waals surface area contributed by atoms with Gasteiger partial charge in [0.25, 0.3) is 0 Å². The van der Waals surface area contributed by atoms with Crippen LogP contribution in [-0.2, 0) is 6.54 Å². The van der Waals surface area contributed by atoms with Gasteiger partial charge in [-0.3, -0.25) is 4.90 Å². The molecule has 0 radical (unpaired) electrons. The standard InChI is InChI=1S/C16H25N3/c1-18-9-11-19(12-10-18)13-14-5-2-3-6-15(14)16-7-4-8-17-16/h2-3,5-6,16-17H,4,7-13H2,1H3/t16-/m1/s1. The number of piperazine rings is 1. The fraction of sp³-hybridized carbons (Fsp3) is 0.625. The molecule has 3 heteroatoms. The maximum Gasteiger partial charge on any atom is 0.0323 e. The predicted molar refractivity (Wildman–Crippen MR) is 79.2 cm³/mol. The van der Waals surface area contributed by atoms with Crippen molar-refractivity contribution in [2.45, 2.75) is 25.4 Å². The summed E-state index contributed by atoms with van der Waals surface area (Å²) in [6.45, 7) is 7.08. The average molecular weight is 259 g/mol. The average Bonchev–Trinajstić information content (AvgIpc) is 2.96. The summed E-state index contributed by atoms with van der Waals surface area (Å²) in [5, 5.41) is 3.63. The van der Waals surface area contributed by atoms with Crippen LogP contribution < -0.4 is 5.32 Å². The van der Waals surface area contributed by atoms with Gasteiger partial charge in [-0.25, -0.2) is 0 Å². The van der Waals surface area contributed by atoms with E-state index in [2.05, 4.69) is 46.4 Å². The molecule has 2 saturated heterocycles. The number of nitrogens with zero attached hydrogens (tertiary/aromatic N) is 2. The van der Waals surface area contributed by atoms with Crippen LogP contribution in [0.15, 0.2) is 24.3 Å². The topological polar surface area (TPSA) is 18.5 Å². The predicted octanol–water partition coefficient (Wildman–Crippen LogP) is 1.86. The molecule has 0 saturated carbocycles. The van der Waals surface area contributed by atoms with Crippen LogP contribution in [-0.4, -0.2) is 49.6 Å². The van der Waals surface area contributed by atoms with Crippen LogP contribution in [0, 0.1) is 0 Å². The van der Waals surface area contributed by atoms with Gasteiger partial charge >= 0.3 is 0 Å². The molecule has 0 bridgehead atoms. The van der Waals surface area contributed by atoms with Crippen molar-refractivity contribution in [3.63, 3.8) is 0 Å². The van der Waals surface area contributed by atoms with Gasteiger partial charge in [0, 0.05) is 38.8 Å². The van der Waals surface area contributed by atoms with E-state index in [1.165, 1.54) is 56.7 Å². The van der Waals surface area contributed by atoms with E-state index in [9.17, 15) is 0 Å². The van der Waals surface area contributed by atoms with Gasteiger partial charge in [-0.05, 0) is 37.6 Å². The highest BCUT2D eigenvalue weighted by Crippen LogP contribution is 2.26. The summed E-state index contributed by atoms with van der Waals surface area (Å²) in [4.78, 5) is 5.01. The molecule has 2 fully saturated rings. The molecule has 19 heavy (non-hydrogen) atoms. The van der Waals surface area contributed by atoms with Crippen molar-refractivity contribution in [3.8, 4) is 0 Å². The molecule has 1 aromatic rings. The van der Waals surface area contributed by atoms with Gasteiger partial charge in [-0.1, -0.05) is 24.3 Å². The van der Waals surface area contributed by atoms with E-state index >= 15 is 0 Å². The monoisotopic (exact) mass is 259 g/mol. The lowest BCUT2D eigenvalue weighted by Gasteiger charge is -2.33.